The fourth-order valence-electron chi connectivity index (χ4n) is 3.64. The van der Waals surface area contributed by atoms with E-state index in [-0.39, 0.29) is 5.54 Å². The van der Waals surface area contributed by atoms with Crippen molar-refractivity contribution >= 4 is 0 Å². The Bertz CT molecular complexity index is 391. The zero-order chi connectivity index (χ0) is 15.9. The van der Waals surface area contributed by atoms with E-state index in [1.54, 1.807) is 0 Å². The van der Waals surface area contributed by atoms with Crippen LogP contribution in [0.25, 0.3) is 0 Å². The highest BCUT2D eigenvalue weighted by molar-refractivity contribution is 5.18. The number of rotatable bonds is 10. The van der Waals surface area contributed by atoms with Gasteiger partial charge in [0.1, 0.15) is 0 Å². The van der Waals surface area contributed by atoms with Crippen LogP contribution in [0.5, 0.6) is 0 Å². The number of likely N-dealkylation sites (N-methyl/N-ethyl adjacent to an activating group) is 1. The molecule has 0 fully saturated rings. The molecule has 1 unspecified atom stereocenters. The summed E-state index contributed by atoms with van der Waals surface area (Å²) in [5.74, 6) is 0. The SMILES string of the molecule is CCCNC(c1cnn(C)c1)C(CC)(CC)N(CC)CC. The number of hydrogen-bond acceptors (Lipinski definition) is 3. The first kappa shape index (κ1) is 18.2. The van der Waals surface area contributed by atoms with Gasteiger partial charge >= 0.3 is 0 Å². The molecular formula is C17H34N4. The van der Waals surface area contributed by atoms with Crippen molar-refractivity contribution in [2.45, 2.75) is 65.5 Å². The Kier molecular flexibility index (Phi) is 7.40. The van der Waals surface area contributed by atoms with Crippen molar-refractivity contribution in [1.29, 1.82) is 0 Å². The third-order valence-corrected chi connectivity index (χ3v) is 4.81. The first-order valence-corrected chi connectivity index (χ1v) is 8.56. The zero-order valence-corrected chi connectivity index (χ0v) is 14.8. The molecule has 1 heterocycles. The lowest BCUT2D eigenvalue weighted by Gasteiger charge is -2.48. The van der Waals surface area contributed by atoms with Gasteiger partial charge < -0.3 is 5.32 Å². The average Bonchev–Trinajstić information content (AvgIpc) is 2.93. The van der Waals surface area contributed by atoms with Gasteiger partial charge in [-0.2, -0.15) is 5.10 Å². The van der Waals surface area contributed by atoms with Gasteiger partial charge in [-0.05, 0) is 38.9 Å². The second kappa shape index (κ2) is 8.54. The van der Waals surface area contributed by atoms with Gasteiger partial charge in [0.25, 0.3) is 0 Å². The Balaban J connectivity index is 3.22. The largest absolute Gasteiger partial charge is 0.308 e. The molecule has 0 amide bonds. The average molecular weight is 294 g/mol. The summed E-state index contributed by atoms with van der Waals surface area (Å²) in [6.45, 7) is 14.6. The Morgan fingerprint density at radius 2 is 1.81 bits per heavy atom. The van der Waals surface area contributed by atoms with Crippen LogP contribution in [0.1, 0.15) is 65.5 Å². The summed E-state index contributed by atoms with van der Waals surface area (Å²) in [6.07, 6.45) is 7.62. The van der Waals surface area contributed by atoms with E-state index in [1.807, 2.05) is 17.9 Å². The molecule has 0 bridgehead atoms. The predicted octanol–water partition coefficient (Wildman–Crippen LogP) is 3.36. The van der Waals surface area contributed by atoms with Gasteiger partial charge in [0.05, 0.1) is 12.2 Å². The number of aryl methyl sites for hydroxylation is 1. The van der Waals surface area contributed by atoms with E-state index < -0.39 is 0 Å². The molecule has 0 spiro atoms. The van der Waals surface area contributed by atoms with Gasteiger partial charge in [0.2, 0.25) is 0 Å². The third kappa shape index (κ3) is 3.86. The number of hydrogen-bond donors (Lipinski definition) is 1. The molecule has 21 heavy (non-hydrogen) atoms. The van der Waals surface area contributed by atoms with Gasteiger partial charge in [-0.3, -0.25) is 9.58 Å². The van der Waals surface area contributed by atoms with Gasteiger partial charge in [-0.1, -0.05) is 34.6 Å². The van der Waals surface area contributed by atoms with Crippen LogP contribution in [-0.4, -0.2) is 39.9 Å². The minimum absolute atomic E-state index is 0.154. The van der Waals surface area contributed by atoms with E-state index >= 15 is 0 Å². The molecule has 4 nitrogen and oxygen atoms in total. The Morgan fingerprint density at radius 3 is 2.19 bits per heavy atom. The molecule has 0 aliphatic rings. The summed E-state index contributed by atoms with van der Waals surface area (Å²) in [6, 6.07) is 0.334. The molecule has 0 saturated heterocycles. The number of aromatic nitrogens is 2. The predicted molar refractivity (Wildman–Crippen MR) is 90.5 cm³/mol. The van der Waals surface area contributed by atoms with Crippen LogP contribution in [-0.2, 0) is 7.05 Å². The summed E-state index contributed by atoms with van der Waals surface area (Å²) < 4.78 is 1.91. The van der Waals surface area contributed by atoms with Crippen LogP contribution in [0.2, 0.25) is 0 Å². The van der Waals surface area contributed by atoms with Crippen molar-refractivity contribution in [2.75, 3.05) is 19.6 Å². The molecule has 0 aromatic carbocycles. The van der Waals surface area contributed by atoms with Crippen molar-refractivity contribution in [3.63, 3.8) is 0 Å². The lowest BCUT2D eigenvalue weighted by atomic mass is 9.79. The van der Waals surface area contributed by atoms with Gasteiger partial charge in [0.15, 0.2) is 0 Å². The fourth-order valence-corrected chi connectivity index (χ4v) is 3.64. The quantitative estimate of drug-likeness (QED) is 0.718. The highest BCUT2D eigenvalue weighted by atomic mass is 15.3. The molecule has 1 rings (SSSR count). The van der Waals surface area contributed by atoms with E-state index in [0.29, 0.717) is 6.04 Å². The first-order valence-electron chi connectivity index (χ1n) is 8.56. The fraction of sp³-hybridized carbons (Fsp3) is 0.824. The standard InChI is InChI=1S/C17H34N4/c1-7-12-18-16(15-13-19-20(6)14-15)17(8-2,9-3)21(10-4)11-5/h13-14,16,18H,7-12H2,1-6H3. The van der Waals surface area contributed by atoms with E-state index in [9.17, 15) is 0 Å². The maximum atomic E-state index is 4.40. The molecule has 0 aliphatic carbocycles. The van der Waals surface area contributed by atoms with Crippen LogP contribution in [0, 0.1) is 0 Å². The van der Waals surface area contributed by atoms with E-state index in [2.05, 4.69) is 56.1 Å². The van der Waals surface area contributed by atoms with Crippen LogP contribution in [0.3, 0.4) is 0 Å². The van der Waals surface area contributed by atoms with Crippen molar-refractivity contribution < 1.29 is 0 Å². The Labute approximate surface area is 130 Å². The van der Waals surface area contributed by atoms with E-state index in [0.717, 1.165) is 38.9 Å². The highest BCUT2D eigenvalue weighted by Gasteiger charge is 2.40. The minimum atomic E-state index is 0.154. The second-order valence-corrected chi connectivity index (χ2v) is 5.82. The van der Waals surface area contributed by atoms with Crippen LogP contribution >= 0.6 is 0 Å². The summed E-state index contributed by atoms with van der Waals surface area (Å²) in [4.78, 5) is 2.62. The summed E-state index contributed by atoms with van der Waals surface area (Å²) in [5, 5.41) is 8.19. The molecule has 4 heteroatoms. The summed E-state index contributed by atoms with van der Waals surface area (Å²) in [5.41, 5.74) is 1.46. The number of nitrogens with zero attached hydrogens (tertiary/aromatic N) is 3. The van der Waals surface area contributed by atoms with Crippen molar-refractivity contribution in [1.82, 2.24) is 20.0 Å². The maximum Gasteiger partial charge on any atom is 0.0538 e. The second-order valence-electron chi connectivity index (χ2n) is 5.82. The topological polar surface area (TPSA) is 33.1 Å². The summed E-state index contributed by atoms with van der Waals surface area (Å²) >= 11 is 0. The molecule has 0 saturated carbocycles. The molecule has 1 atom stereocenters. The zero-order valence-electron chi connectivity index (χ0n) is 14.8. The Morgan fingerprint density at radius 1 is 1.19 bits per heavy atom. The van der Waals surface area contributed by atoms with Crippen molar-refractivity contribution in [3.8, 4) is 0 Å². The van der Waals surface area contributed by atoms with Crippen LogP contribution < -0.4 is 5.32 Å². The van der Waals surface area contributed by atoms with E-state index in [1.165, 1.54) is 5.56 Å². The number of nitrogens with one attached hydrogen (secondary N) is 1. The van der Waals surface area contributed by atoms with Gasteiger partial charge in [0, 0.05) is 24.3 Å². The monoisotopic (exact) mass is 294 g/mol. The molecule has 0 radical (unpaired) electrons. The van der Waals surface area contributed by atoms with Gasteiger partial charge in [-0.25, -0.2) is 0 Å². The highest BCUT2D eigenvalue weighted by Crippen LogP contribution is 2.37. The van der Waals surface area contributed by atoms with Gasteiger partial charge in [-0.15, -0.1) is 0 Å². The normalized spacial score (nSPS) is 13.9. The Hall–Kier alpha value is -0.870. The molecule has 0 aliphatic heterocycles. The molecule has 1 aromatic heterocycles. The summed E-state index contributed by atoms with van der Waals surface area (Å²) in [7, 11) is 2.00. The molecule has 1 N–H and O–H groups in total. The van der Waals surface area contributed by atoms with Crippen molar-refractivity contribution in [2.24, 2.45) is 7.05 Å². The minimum Gasteiger partial charge on any atom is -0.308 e. The van der Waals surface area contributed by atoms with Crippen LogP contribution in [0.15, 0.2) is 12.4 Å². The molecule has 1 aromatic rings. The van der Waals surface area contributed by atoms with Crippen molar-refractivity contribution in [3.05, 3.63) is 18.0 Å². The van der Waals surface area contributed by atoms with Crippen LogP contribution in [0.4, 0.5) is 0 Å². The lowest BCUT2D eigenvalue weighted by molar-refractivity contribution is 0.0487. The smallest absolute Gasteiger partial charge is 0.0538 e. The lowest BCUT2D eigenvalue weighted by Crippen LogP contribution is -2.56. The third-order valence-electron chi connectivity index (χ3n) is 4.81. The first-order chi connectivity index (χ1) is 10.1. The van der Waals surface area contributed by atoms with E-state index in [4.69, 9.17) is 0 Å². The molecular weight excluding hydrogens is 260 g/mol. The maximum absolute atomic E-state index is 4.40. The molecule has 122 valence electrons.